The van der Waals surface area contributed by atoms with Crippen molar-refractivity contribution in [3.05, 3.63) is 28.8 Å². The molecule has 0 radical (unpaired) electrons. The van der Waals surface area contributed by atoms with Gasteiger partial charge in [0.25, 0.3) is 5.91 Å². The van der Waals surface area contributed by atoms with Crippen molar-refractivity contribution in [2.24, 2.45) is 5.92 Å². The maximum Gasteiger partial charge on any atom is 0.255 e. The van der Waals surface area contributed by atoms with E-state index < -0.39 is 0 Å². The summed E-state index contributed by atoms with van der Waals surface area (Å²) in [6.07, 6.45) is 2.37. The Morgan fingerprint density at radius 2 is 2.15 bits per heavy atom. The van der Waals surface area contributed by atoms with Gasteiger partial charge in [0.15, 0.2) is 0 Å². The predicted molar refractivity (Wildman–Crippen MR) is 78.4 cm³/mol. The predicted octanol–water partition coefficient (Wildman–Crippen LogP) is 2.17. The summed E-state index contributed by atoms with van der Waals surface area (Å²) in [6.45, 7) is 3.30. The van der Waals surface area contributed by atoms with Crippen LogP contribution in [0.5, 0.6) is 5.75 Å². The molecule has 5 heteroatoms. The van der Waals surface area contributed by atoms with E-state index in [4.69, 9.17) is 16.3 Å². The van der Waals surface area contributed by atoms with Crippen molar-refractivity contribution in [3.8, 4) is 5.75 Å². The SMILES string of the molecule is COc1cc(Cl)ccc1C(=O)NC1CN2CCC1CC2. The van der Waals surface area contributed by atoms with Crippen LogP contribution in [0.1, 0.15) is 23.2 Å². The molecule has 3 heterocycles. The Labute approximate surface area is 124 Å². The van der Waals surface area contributed by atoms with Crippen molar-refractivity contribution in [2.45, 2.75) is 18.9 Å². The normalized spacial score (nSPS) is 28.2. The number of nitrogens with zero attached hydrogens (tertiary/aromatic N) is 1. The molecule has 3 aliphatic rings. The van der Waals surface area contributed by atoms with Crippen LogP contribution in [0, 0.1) is 5.92 Å². The molecule has 1 aromatic rings. The second-order valence-electron chi connectivity index (χ2n) is 5.56. The number of piperidine rings is 3. The molecule has 20 heavy (non-hydrogen) atoms. The summed E-state index contributed by atoms with van der Waals surface area (Å²) < 4.78 is 5.24. The van der Waals surface area contributed by atoms with E-state index in [1.165, 1.54) is 25.9 Å². The van der Waals surface area contributed by atoms with Crippen LogP contribution < -0.4 is 10.1 Å². The quantitative estimate of drug-likeness (QED) is 0.929. The lowest BCUT2D eigenvalue weighted by atomic mass is 9.84. The van der Waals surface area contributed by atoms with Crippen LogP contribution in [0.15, 0.2) is 18.2 Å². The van der Waals surface area contributed by atoms with E-state index in [9.17, 15) is 4.79 Å². The molecule has 0 saturated carbocycles. The Hall–Kier alpha value is -1.26. The lowest BCUT2D eigenvalue weighted by Crippen LogP contribution is -2.57. The summed E-state index contributed by atoms with van der Waals surface area (Å²) >= 11 is 5.93. The zero-order chi connectivity index (χ0) is 14.1. The van der Waals surface area contributed by atoms with E-state index in [-0.39, 0.29) is 11.9 Å². The molecule has 1 atom stereocenters. The number of rotatable bonds is 3. The van der Waals surface area contributed by atoms with Crippen molar-refractivity contribution >= 4 is 17.5 Å². The van der Waals surface area contributed by atoms with Crippen LogP contribution in [0.4, 0.5) is 0 Å². The second kappa shape index (κ2) is 5.62. The number of benzene rings is 1. The Kier molecular flexibility index (Phi) is 3.85. The molecule has 108 valence electrons. The van der Waals surface area contributed by atoms with E-state index in [0.29, 0.717) is 22.3 Å². The van der Waals surface area contributed by atoms with Crippen LogP contribution in [-0.4, -0.2) is 43.6 Å². The van der Waals surface area contributed by atoms with Gasteiger partial charge in [0, 0.05) is 17.6 Å². The molecule has 3 aliphatic heterocycles. The van der Waals surface area contributed by atoms with E-state index in [0.717, 1.165) is 6.54 Å². The summed E-state index contributed by atoms with van der Waals surface area (Å²) in [5.41, 5.74) is 0.549. The number of amides is 1. The summed E-state index contributed by atoms with van der Waals surface area (Å²) in [6, 6.07) is 5.37. The molecule has 3 saturated heterocycles. The van der Waals surface area contributed by atoms with E-state index >= 15 is 0 Å². The van der Waals surface area contributed by atoms with Crippen LogP contribution in [0.3, 0.4) is 0 Å². The minimum absolute atomic E-state index is 0.0720. The number of carbonyl (C=O) groups excluding carboxylic acids is 1. The number of methoxy groups -OCH3 is 1. The fraction of sp³-hybridized carbons (Fsp3) is 0.533. The molecule has 0 spiro atoms. The van der Waals surface area contributed by atoms with Crippen molar-refractivity contribution in [1.29, 1.82) is 0 Å². The molecule has 3 fully saturated rings. The van der Waals surface area contributed by atoms with Crippen molar-refractivity contribution in [3.63, 3.8) is 0 Å². The first-order chi connectivity index (χ1) is 9.67. The smallest absolute Gasteiger partial charge is 0.255 e. The third kappa shape index (κ3) is 2.63. The largest absolute Gasteiger partial charge is 0.496 e. The van der Waals surface area contributed by atoms with E-state index in [2.05, 4.69) is 10.2 Å². The number of hydrogen-bond acceptors (Lipinski definition) is 3. The number of nitrogens with one attached hydrogen (secondary N) is 1. The lowest BCUT2D eigenvalue weighted by Gasteiger charge is -2.44. The van der Waals surface area contributed by atoms with Crippen molar-refractivity contribution in [1.82, 2.24) is 10.2 Å². The number of ether oxygens (including phenoxy) is 1. The number of fused-ring (bicyclic) bond motifs is 3. The van der Waals surface area contributed by atoms with E-state index in [1.54, 1.807) is 25.3 Å². The Bertz CT molecular complexity index is 513. The molecule has 4 nitrogen and oxygen atoms in total. The monoisotopic (exact) mass is 294 g/mol. The van der Waals surface area contributed by atoms with Gasteiger partial charge >= 0.3 is 0 Å². The van der Waals surface area contributed by atoms with Gasteiger partial charge < -0.3 is 15.0 Å². The van der Waals surface area contributed by atoms with Gasteiger partial charge in [-0.2, -0.15) is 0 Å². The average molecular weight is 295 g/mol. The van der Waals surface area contributed by atoms with Crippen molar-refractivity contribution < 1.29 is 9.53 Å². The van der Waals surface area contributed by atoms with Crippen LogP contribution >= 0.6 is 11.6 Å². The Morgan fingerprint density at radius 3 is 2.75 bits per heavy atom. The summed E-state index contributed by atoms with van der Waals surface area (Å²) in [5.74, 6) is 1.07. The van der Waals surface area contributed by atoms with Crippen molar-refractivity contribution in [2.75, 3.05) is 26.7 Å². The maximum absolute atomic E-state index is 12.4. The zero-order valence-corrected chi connectivity index (χ0v) is 12.3. The van der Waals surface area contributed by atoms with E-state index in [1.807, 2.05) is 0 Å². The topological polar surface area (TPSA) is 41.6 Å². The van der Waals surface area contributed by atoms with Crippen LogP contribution in [-0.2, 0) is 0 Å². The number of hydrogen-bond donors (Lipinski definition) is 1. The lowest BCUT2D eigenvalue weighted by molar-refractivity contribution is 0.0619. The highest BCUT2D eigenvalue weighted by Crippen LogP contribution is 2.28. The third-order valence-electron chi connectivity index (χ3n) is 4.38. The first kappa shape index (κ1) is 13.7. The zero-order valence-electron chi connectivity index (χ0n) is 11.6. The van der Waals surface area contributed by atoms with Gasteiger partial charge in [-0.1, -0.05) is 11.6 Å². The molecule has 0 aliphatic carbocycles. The summed E-state index contributed by atoms with van der Waals surface area (Å²) in [4.78, 5) is 14.8. The van der Waals surface area contributed by atoms with Gasteiger partial charge in [0.05, 0.1) is 12.7 Å². The van der Waals surface area contributed by atoms with Crippen LogP contribution in [0.2, 0.25) is 5.02 Å². The molecule has 2 bridgehead atoms. The fourth-order valence-corrected chi connectivity index (χ4v) is 3.39. The fourth-order valence-electron chi connectivity index (χ4n) is 3.23. The second-order valence-corrected chi connectivity index (χ2v) is 6.00. The number of carbonyl (C=O) groups is 1. The van der Waals surface area contributed by atoms with Gasteiger partial charge in [0.1, 0.15) is 5.75 Å². The molecule has 1 N–H and O–H groups in total. The summed E-state index contributed by atoms with van der Waals surface area (Å²) in [5, 5.41) is 3.73. The third-order valence-corrected chi connectivity index (χ3v) is 4.62. The van der Waals surface area contributed by atoms with Gasteiger partial charge in [-0.15, -0.1) is 0 Å². The number of halogens is 1. The van der Waals surface area contributed by atoms with Gasteiger partial charge in [-0.25, -0.2) is 0 Å². The molecular weight excluding hydrogens is 276 g/mol. The first-order valence-electron chi connectivity index (χ1n) is 7.04. The maximum atomic E-state index is 12.4. The molecule has 0 aromatic heterocycles. The highest BCUT2D eigenvalue weighted by molar-refractivity contribution is 6.30. The minimum atomic E-state index is -0.0720. The molecule has 1 unspecified atom stereocenters. The highest BCUT2D eigenvalue weighted by Gasteiger charge is 2.35. The van der Waals surface area contributed by atoms with Gasteiger partial charge in [-0.05, 0) is 50.0 Å². The van der Waals surface area contributed by atoms with Crippen LogP contribution in [0.25, 0.3) is 0 Å². The molecule has 4 rings (SSSR count). The molecule has 1 aromatic carbocycles. The molecule has 1 amide bonds. The summed E-state index contributed by atoms with van der Waals surface area (Å²) in [7, 11) is 1.55. The molecular formula is C15H19ClN2O2. The average Bonchev–Trinajstić information content (AvgIpc) is 2.48. The Morgan fingerprint density at radius 1 is 1.40 bits per heavy atom. The minimum Gasteiger partial charge on any atom is -0.496 e. The van der Waals surface area contributed by atoms with Gasteiger partial charge in [0.2, 0.25) is 0 Å². The Balaban J connectivity index is 1.73. The highest BCUT2D eigenvalue weighted by atomic mass is 35.5. The van der Waals surface area contributed by atoms with Gasteiger partial charge in [-0.3, -0.25) is 4.79 Å². The first-order valence-corrected chi connectivity index (χ1v) is 7.42. The standard InChI is InChI=1S/C15H19ClN2O2/c1-20-14-8-11(16)2-3-12(14)15(19)17-13-9-18-6-4-10(13)5-7-18/h2-3,8,10,13H,4-7,9H2,1H3,(H,17,19).